The highest BCUT2D eigenvalue weighted by Crippen LogP contribution is 2.13. The molecule has 1 aliphatic heterocycles. The van der Waals surface area contributed by atoms with Gasteiger partial charge in [-0.2, -0.15) is 0 Å². The first-order chi connectivity index (χ1) is 8.72. The maximum Gasteiger partial charge on any atom is 0.225 e. The lowest BCUT2D eigenvalue weighted by Crippen LogP contribution is -2.50. The summed E-state index contributed by atoms with van der Waals surface area (Å²) in [6.07, 6.45) is 1.73. The summed E-state index contributed by atoms with van der Waals surface area (Å²) in [4.78, 5) is 16.6. The number of likely N-dealkylation sites (N-methyl/N-ethyl adjacent to an activating group) is 1. The molecule has 0 radical (unpaired) electrons. The Hall–Kier alpha value is -0.610. The number of carbonyl (C=O) groups is 1. The molecule has 0 spiro atoms. The number of piperazine rings is 1. The minimum absolute atomic E-state index is 0.137. The molecule has 1 saturated heterocycles. The molecule has 0 aromatic carbocycles. The summed E-state index contributed by atoms with van der Waals surface area (Å²) in [5.74, 6) is 0.446. The van der Waals surface area contributed by atoms with Gasteiger partial charge in [-0.3, -0.25) is 4.79 Å². The molecule has 18 heavy (non-hydrogen) atoms. The highest BCUT2D eigenvalue weighted by atomic mass is 16.2. The SMILES string of the molecule is CC.CCC(CCN)C(=O)N1CCN(CC)CC1. The summed E-state index contributed by atoms with van der Waals surface area (Å²) in [6, 6.07) is 0. The highest BCUT2D eigenvalue weighted by Gasteiger charge is 2.25. The first kappa shape index (κ1) is 17.4. The van der Waals surface area contributed by atoms with Crippen molar-refractivity contribution < 1.29 is 4.79 Å². The second-order valence-electron chi connectivity index (χ2n) is 4.44. The monoisotopic (exact) mass is 257 g/mol. The summed E-state index contributed by atoms with van der Waals surface area (Å²) < 4.78 is 0. The van der Waals surface area contributed by atoms with Crippen molar-refractivity contribution in [3.8, 4) is 0 Å². The maximum absolute atomic E-state index is 12.2. The van der Waals surface area contributed by atoms with E-state index in [0.717, 1.165) is 45.6 Å². The summed E-state index contributed by atoms with van der Waals surface area (Å²) in [7, 11) is 0. The van der Waals surface area contributed by atoms with E-state index in [-0.39, 0.29) is 5.92 Å². The fraction of sp³-hybridized carbons (Fsp3) is 0.929. The first-order valence-electron chi connectivity index (χ1n) is 7.44. The fourth-order valence-electron chi connectivity index (χ4n) is 2.25. The average Bonchev–Trinajstić information content (AvgIpc) is 2.46. The molecule has 0 aromatic heterocycles. The van der Waals surface area contributed by atoms with Crippen LogP contribution in [0.4, 0.5) is 0 Å². The summed E-state index contributed by atoms with van der Waals surface area (Å²) in [6.45, 7) is 13.7. The van der Waals surface area contributed by atoms with Crippen molar-refractivity contribution in [1.29, 1.82) is 0 Å². The molecule has 4 nitrogen and oxygen atoms in total. The van der Waals surface area contributed by atoms with Crippen molar-refractivity contribution in [2.45, 2.75) is 40.5 Å². The van der Waals surface area contributed by atoms with Gasteiger partial charge in [0.2, 0.25) is 5.91 Å². The van der Waals surface area contributed by atoms with Crippen LogP contribution in [-0.4, -0.2) is 55.0 Å². The number of amides is 1. The Bertz CT molecular complexity index is 213. The van der Waals surface area contributed by atoms with Gasteiger partial charge in [-0.25, -0.2) is 0 Å². The maximum atomic E-state index is 12.2. The first-order valence-corrected chi connectivity index (χ1v) is 7.44. The molecule has 0 bridgehead atoms. The van der Waals surface area contributed by atoms with E-state index in [1.54, 1.807) is 0 Å². The van der Waals surface area contributed by atoms with Crippen LogP contribution in [0.5, 0.6) is 0 Å². The number of nitrogens with two attached hydrogens (primary N) is 1. The second kappa shape index (κ2) is 10.3. The van der Waals surface area contributed by atoms with Gasteiger partial charge < -0.3 is 15.5 Å². The van der Waals surface area contributed by atoms with E-state index in [1.807, 2.05) is 18.7 Å². The molecule has 0 aliphatic carbocycles. The topological polar surface area (TPSA) is 49.6 Å². The van der Waals surface area contributed by atoms with Crippen LogP contribution in [0.2, 0.25) is 0 Å². The highest BCUT2D eigenvalue weighted by molar-refractivity contribution is 5.78. The van der Waals surface area contributed by atoms with Gasteiger partial charge in [0.1, 0.15) is 0 Å². The van der Waals surface area contributed by atoms with Gasteiger partial charge in [-0.15, -0.1) is 0 Å². The van der Waals surface area contributed by atoms with Crippen molar-refractivity contribution >= 4 is 5.91 Å². The predicted molar refractivity (Wildman–Crippen MR) is 77.5 cm³/mol. The minimum Gasteiger partial charge on any atom is -0.340 e. The molecule has 0 aromatic rings. The molecule has 4 heteroatoms. The number of rotatable bonds is 5. The lowest BCUT2D eigenvalue weighted by atomic mass is 10.0. The van der Waals surface area contributed by atoms with Gasteiger partial charge in [0.25, 0.3) is 0 Å². The Morgan fingerprint density at radius 2 is 1.72 bits per heavy atom. The van der Waals surface area contributed by atoms with E-state index >= 15 is 0 Å². The lowest BCUT2D eigenvalue weighted by molar-refractivity contribution is -0.137. The van der Waals surface area contributed by atoms with Crippen LogP contribution in [0.3, 0.4) is 0 Å². The van der Waals surface area contributed by atoms with Crippen LogP contribution >= 0.6 is 0 Å². The third kappa shape index (κ3) is 5.36. The molecule has 108 valence electrons. The number of hydrogen-bond donors (Lipinski definition) is 1. The molecule has 1 fully saturated rings. The number of hydrogen-bond acceptors (Lipinski definition) is 3. The average molecular weight is 257 g/mol. The zero-order chi connectivity index (χ0) is 14.0. The second-order valence-corrected chi connectivity index (χ2v) is 4.44. The third-order valence-electron chi connectivity index (χ3n) is 3.49. The van der Waals surface area contributed by atoms with Gasteiger partial charge in [-0.05, 0) is 25.9 Å². The Balaban J connectivity index is 0.00000137. The zero-order valence-electron chi connectivity index (χ0n) is 12.6. The number of nitrogens with zero attached hydrogens (tertiary/aromatic N) is 2. The van der Waals surface area contributed by atoms with Crippen molar-refractivity contribution in [3.05, 3.63) is 0 Å². The van der Waals surface area contributed by atoms with Gasteiger partial charge >= 0.3 is 0 Å². The van der Waals surface area contributed by atoms with E-state index in [0.29, 0.717) is 12.5 Å². The number of carbonyl (C=O) groups excluding carboxylic acids is 1. The van der Waals surface area contributed by atoms with Gasteiger partial charge in [0.15, 0.2) is 0 Å². The Labute approximate surface area is 113 Å². The van der Waals surface area contributed by atoms with Gasteiger partial charge in [-0.1, -0.05) is 27.7 Å². The van der Waals surface area contributed by atoms with E-state index < -0.39 is 0 Å². The summed E-state index contributed by atoms with van der Waals surface area (Å²) >= 11 is 0. The van der Waals surface area contributed by atoms with Crippen LogP contribution in [-0.2, 0) is 4.79 Å². The smallest absolute Gasteiger partial charge is 0.225 e. The Morgan fingerprint density at radius 1 is 1.17 bits per heavy atom. The van der Waals surface area contributed by atoms with Crippen LogP contribution in [0.1, 0.15) is 40.5 Å². The van der Waals surface area contributed by atoms with Crippen LogP contribution < -0.4 is 5.73 Å². The van der Waals surface area contributed by atoms with Crippen molar-refractivity contribution in [2.24, 2.45) is 11.7 Å². The summed E-state index contributed by atoms with van der Waals surface area (Å²) in [5.41, 5.74) is 5.54. The molecule has 1 unspecified atom stereocenters. The molecular formula is C14H31N3O. The van der Waals surface area contributed by atoms with Crippen LogP contribution in [0.15, 0.2) is 0 Å². The third-order valence-corrected chi connectivity index (χ3v) is 3.49. The fourth-order valence-corrected chi connectivity index (χ4v) is 2.25. The van der Waals surface area contributed by atoms with Gasteiger partial charge in [0, 0.05) is 32.1 Å². The van der Waals surface area contributed by atoms with Crippen molar-refractivity contribution in [3.63, 3.8) is 0 Å². The molecule has 1 heterocycles. The standard InChI is InChI=1S/C12H25N3O.C2H6/c1-3-11(5-6-13)12(16)15-9-7-14(4-2)8-10-15;1-2/h11H,3-10,13H2,1-2H3;1-2H3. The molecule has 1 amide bonds. The zero-order valence-corrected chi connectivity index (χ0v) is 12.6. The van der Waals surface area contributed by atoms with E-state index in [4.69, 9.17) is 5.73 Å². The normalized spacial score (nSPS) is 17.9. The quantitative estimate of drug-likeness (QED) is 0.813. The minimum atomic E-state index is 0.137. The predicted octanol–water partition coefficient (Wildman–Crippen LogP) is 1.55. The molecule has 0 saturated carbocycles. The van der Waals surface area contributed by atoms with E-state index in [2.05, 4.69) is 18.7 Å². The van der Waals surface area contributed by atoms with Gasteiger partial charge in [0.05, 0.1) is 0 Å². The lowest BCUT2D eigenvalue weighted by Gasteiger charge is -2.35. The largest absolute Gasteiger partial charge is 0.340 e. The Morgan fingerprint density at radius 3 is 2.11 bits per heavy atom. The van der Waals surface area contributed by atoms with Crippen LogP contribution in [0.25, 0.3) is 0 Å². The molecule has 1 rings (SSSR count). The van der Waals surface area contributed by atoms with Crippen molar-refractivity contribution in [1.82, 2.24) is 9.80 Å². The molecule has 2 N–H and O–H groups in total. The van der Waals surface area contributed by atoms with Crippen LogP contribution in [0, 0.1) is 5.92 Å². The molecular weight excluding hydrogens is 226 g/mol. The molecule has 1 aliphatic rings. The Kier molecular flexibility index (Phi) is 9.98. The molecule has 1 atom stereocenters. The summed E-state index contributed by atoms with van der Waals surface area (Å²) in [5, 5.41) is 0. The van der Waals surface area contributed by atoms with E-state index in [1.165, 1.54) is 0 Å². The van der Waals surface area contributed by atoms with E-state index in [9.17, 15) is 4.79 Å². The van der Waals surface area contributed by atoms with Crippen molar-refractivity contribution in [2.75, 3.05) is 39.3 Å².